The Kier molecular flexibility index (Phi) is 9.78. The maximum absolute atomic E-state index is 12.3. The highest BCUT2D eigenvalue weighted by Gasteiger charge is 2.28. The molecule has 2 atom stereocenters. The number of carbonyl (C=O) groups excluding carboxylic acids is 4. The van der Waals surface area contributed by atoms with Gasteiger partial charge >= 0.3 is 12.1 Å². The summed E-state index contributed by atoms with van der Waals surface area (Å²) in [6, 6.07) is -0.812. The number of hydrogen-bond acceptors (Lipinski definition) is 6. The summed E-state index contributed by atoms with van der Waals surface area (Å²) in [7, 11) is 1.24. The van der Waals surface area contributed by atoms with Crippen LogP contribution in [0, 0.1) is 5.92 Å². The predicted molar refractivity (Wildman–Crippen MR) is 91.9 cm³/mol. The van der Waals surface area contributed by atoms with E-state index in [-0.39, 0.29) is 31.1 Å². The number of Topliss-reactive ketones (excluding diaryl/α,β-unsaturated/α-hetero) is 1. The summed E-state index contributed by atoms with van der Waals surface area (Å²) in [5, 5.41) is 5.05. The third-order valence-electron chi connectivity index (χ3n) is 3.46. The molecule has 2 amide bonds. The Labute approximate surface area is 149 Å². The van der Waals surface area contributed by atoms with Gasteiger partial charge in [-0.25, -0.2) is 4.79 Å². The maximum atomic E-state index is 12.3. The van der Waals surface area contributed by atoms with Crippen molar-refractivity contribution in [3.63, 3.8) is 0 Å². The molecule has 8 nitrogen and oxygen atoms in total. The number of carbonyl (C=O) groups is 4. The first kappa shape index (κ1) is 22.9. The Balaban J connectivity index is 4.62. The molecule has 0 aromatic heterocycles. The SMILES string of the molecule is CC[C@H](C)[C@H](NC(=O)OC(C)(C)C)C(=O)NCC(=O)CCC(=O)OC. The van der Waals surface area contributed by atoms with Crippen LogP contribution in [0.5, 0.6) is 0 Å². The zero-order valence-corrected chi connectivity index (χ0v) is 15.9. The van der Waals surface area contributed by atoms with Gasteiger partial charge in [-0.1, -0.05) is 20.3 Å². The van der Waals surface area contributed by atoms with Gasteiger partial charge < -0.3 is 20.1 Å². The van der Waals surface area contributed by atoms with Gasteiger partial charge in [0.05, 0.1) is 20.1 Å². The number of amides is 2. The number of nitrogens with one attached hydrogen (secondary N) is 2. The summed E-state index contributed by atoms with van der Waals surface area (Å²) >= 11 is 0. The van der Waals surface area contributed by atoms with Gasteiger partial charge in [0.2, 0.25) is 5.91 Å². The first-order chi connectivity index (χ1) is 11.5. The highest BCUT2D eigenvalue weighted by molar-refractivity contribution is 5.91. The van der Waals surface area contributed by atoms with Crippen LogP contribution < -0.4 is 10.6 Å². The molecule has 0 aliphatic carbocycles. The average molecular weight is 358 g/mol. The number of hydrogen-bond donors (Lipinski definition) is 2. The fraction of sp³-hybridized carbons (Fsp3) is 0.765. The number of ether oxygens (including phenoxy) is 2. The van der Waals surface area contributed by atoms with Crippen molar-refractivity contribution in [2.75, 3.05) is 13.7 Å². The van der Waals surface area contributed by atoms with E-state index in [4.69, 9.17) is 4.74 Å². The van der Waals surface area contributed by atoms with Gasteiger partial charge in [-0.2, -0.15) is 0 Å². The maximum Gasteiger partial charge on any atom is 0.408 e. The van der Waals surface area contributed by atoms with Gasteiger partial charge in [-0.3, -0.25) is 14.4 Å². The zero-order valence-electron chi connectivity index (χ0n) is 15.9. The normalized spacial score (nSPS) is 13.4. The lowest BCUT2D eigenvalue weighted by Gasteiger charge is -2.26. The molecule has 0 saturated carbocycles. The lowest BCUT2D eigenvalue weighted by molar-refractivity contribution is -0.141. The Morgan fingerprint density at radius 1 is 1.08 bits per heavy atom. The molecule has 0 aliphatic heterocycles. The van der Waals surface area contributed by atoms with Crippen LogP contribution in [0.4, 0.5) is 4.79 Å². The quantitative estimate of drug-likeness (QED) is 0.605. The van der Waals surface area contributed by atoms with Crippen LogP contribution in [0.2, 0.25) is 0 Å². The molecular formula is C17H30N2O6. The van der Waals surface area contributed by atoms with Crippen molar-refractivity contribution < 1.29 is 28.7 Å². The van der Waals surface area contributed by atoms with Crippen molar-refractivity contribution in [1.29, 1.82) is 0 Å². The van der Waals surface area contributed by atoms with E-state index in [2.05, 4.69) is 15.4 Å². The largest absolute Gasteiger partial charge is 0.469 e. The van der Waals surface area contributed by atoms with Crippen molar-refractivity contribution in [2.45, 2.75) is 65.5 Å². The molecule has 0 aliphatic rings. The molecule has 144 valence electrons. The molecule has 0 rings (SSSR count). The first-order valence-electron chi connectivity index (χ1n) is 8.35. The minimum absolute atomic E-state index is 0.0134. The second kappa shape index (κ2) is 10.7. The second-order valence-corrected chi connectivity index (χ2v) is 6.84. The van der Waals surface area contributed by atoms with Gasteiger partial charge in [0.15, 0.2) is 5.78 Å². The minimum atomic E-state index is -0.812. The molecule has 0 fully saturated rings. The topological polar surface area (TPSA) is 111 Å². The Morgan fingerprint density at radius 3 is 2.16 bits per heavy atom. The summed E-state index contributed by atoms with van der Waals surface area (Å²) in [6.45, 7) is 8.68. The van der Waals surface area contributed by atoms with Gasteiger partial charge in [-0.15, -0.1) is 0 Å². The van der Waals surface area contributed by atoms with Crippen LogP contribution in [0.3, 0.4) is 0 Å². The molecule has 0 unspecified atom stereocenters. The summed E-state index contributed by atoms with van der Waals surface area (Å²) in [5.41, 5.74) is -0.676. The second-order valence-electron chi connectivity index (χ2n) is 6.84. The molecule has 0 saturated heterocycles. The minimum Gasteiger partial charge on any atom is -0.469 e. The monoisotopic (exact) mass is 358 g/mol. The molecule has 0 spiro atoms. The summed E-state index contributed by atoms with van der Waals surface area (Å²) in [5.74, 6) is -1.38. The fourth-order valence-electron chi connectivity index (χ4n) is 1.86. The number of esters is 1. The Hall–Kier alpha value is -2.12. The number of ketones is 1. The van der Waals surface area contributed by atoms with Crippen molar-refractivity contribution in [1.82, 2.24) is 10.6 Å². The summed E-state index contributed by atoms with van der Waals surface area (Å²) in [4.78, 5) is 46.9. The summed E-state index contributed by atoms with van der Waals surface area (Å²) < 4.78 is 9.62. The lowest BCUT2D eigenvalue weighted by Crippen LogP contribution is -2.52. The Bertz CT molecular complexity index is 484. The van der Waals surface area contributed by atoms with Crippen molar-refractivity contribution in [3.8, 4) is 0 Å². The van der Waals surface area contributed by atoms with E-state index in [1.165, 1.54) is 7.11 Å². The number of alkyl carbamates (subject to hydrolysis) is 1. The van der Waals surface area contributed by atoms with Crippen LogP contribution in [-0.2, 0) is 23.9 Å². The highest BCUT2D eigenvalue weighted by Crippen LogP contribution is 2.11. The smallest absolute Gasteiger partial charge is 0.408 e. The molecule has 2 N–H and O–H groups in total. The summed E-state index contributed by atoms with van der Waals surface area (Å²) in [6.07, 6.45) is -0.0780. The van der Waals surface area contributed by atoms with Crippen LogP contribution >= 0.6 is 0 Å². The zero-order chi connectivity index (χ0) is 19.6. The predicted octanol–water partition coefficient (Wildman–Crippen LogP) is 1.56. The third kappa shape index (κ3) is 10.4. The van der Waals surface area contributed by atoms with Gasteiger partial charge in [0, 0.05) is 6.42 Å². The van der Waals surface area contributed by atoms with Gasteiger partial charge in [-0.05, 0) is 26.7 Å². The first-order valence-corrected chi connectivity index (χ1v) is 8.35. The number of methoxy groups -OCH3 is 1. The molecular weight excluding hydrogens is 328 g/mol. The highest BCUT2D eigenvalue weighted by atomic mass is 16.6. The standard InChI is InChI=1S/C17H30N2O6/c1-7-11(2)14(19-16(23)25-17(3,4)5)15(22)18-10-12(20)8-9-13(21)24-6/h11,14H,7-10H2,1-6H3,(H,18,22)(H,19,23)/t11-,14-/m0/s1. The molecule has 0 aromatic carbocycles. The average Bonchev–Trinajstić information content (AvgIpc) is 2.52. The molecule has 25 heavy (non-hydrogen) atoms. The van der Waals surface area contributed by atoms with Crippen molar-refractivity contribution in [2.24, 2.45) is 5.92 Å². The van der Waals surface area contributed by atoms with Gasteiger partial charge in [0.1, 0.15) is 11.6 Å². The third-order valence-corrected chi connectivity index (χ3v) is 3.46. The lowest BCUT2D eigenvalue weighted by atomic mass is 9.98. The molecule has 0 aromatic rings. The van der Waals surface area contributed by atoms with E-state index in [1.54, 1.807) is 20.8 Å². The van der Waals surface area contributed by atoms with E-state index in [0.717, 1.165) is 0 Å². The van der Waals surface area contributed by atoms with Crippen LogP contribution in [0.15, 0.2) is 0 Å². The molecule has 0 bridgehead atoms. The molecule has 8 heteroatoms. The van der Waals surface area contributed by atoms with Crippen LogP contribution in [-0.4, -0.2) is 49.1 Å². The van der Waals surface area contributed by atoms with Gasteiger partial charge in [0.25, 0.3) is 0 Å². The van der Waals surface area contributed by atoms with E-state index in [1.807, 2.05) is 13.8 Å². The van der Waals surface area contributed by atoms with E-state index in [9.17, 15) is 19.2 Å². The molecule has 0 radical (unpaired) electrons. The number of rotatable bonds is 9. The van der Waals surface area contributed by atoms with E-state index >= 15 is 0 Å². The van der Waals surface area contributed by atoms with Crippen molar-refractivity contribution in [3.05, 3.63) is 0 Å². The van der Waals surface area contributed by atoms with Crippen LogP contribution in [0.1, 0.15) is 53.9 Å². The van der Waals surface area contributed by atoms with E-state index in [0.29, 0.717) is 6.42 Å². The van der Waals surface area contributed by atoms with Crippen LogP contribution in [0.25, 0.3) is 0 Å². The fourth-order valence-corrected chi connectivity index (χ4v) is 1.86. The van der Waals surface area contributed by atoms with E-state index < -0.39 is 29.6 Å². The molecule has 0 heterocycles. The van der Waals surface area contributed by atoms with Crippen molar-refractivity contribution >= 4 is 23.8 Å². The Morgan fingerprint density at radius 2 is 1.68 bits per heavy atom.